The monoisotopic (exact) mass is 323 g/mol. The van der Waals surface area contributed by atoms with Gasteiger partial charge in [-0.15, -0.1) is 11.3 Å². The fourth-order valence-corrected chi connectivity index (χ4v) is 5.75. The Labute approximate surface area is 128 Å². The summed E-state index contributed by atoms with van der Waals surface area (Å²) in [7, 11) is -3.56. The molecule has 0 unspecified atom stereocenters. The normalized spacial score (nSPS) is 22.2. The van der Waals surface area contributed by atoms with E-state index in [1.165, 1.54) is 11.3 Å². The molecule has 0 bridgehead atoms. The van der Waals surface area contributed by atoms with Crippen LogP contribution in [0, 0.1) is 12.8 Å². The summed E-state index contributed by atoms with van der Waals surface area (Å²) in [4.78, 5) is 1.17. The van der Waals surface area contributed by atoms with E-state index < -0.39 is 10.0 Å². The standard InChI is InChI=1S/C15H17NO3S2/c1-10-15(13-4-2-3-5-14(13)20-10)21(18,19)16-12-7-6-11(8-12)9-17/h2-7,11-12,16-17H,8-9H2,1H3/t11-,12+/m0/s1. The minimum Gasteiger partial charge on any atom is -0.396 e. The lowest BCUT2D eigenvalue weighted by Crippen LogP contribution is -2.33. The lowest BCUT2D eigenvalue weighted by atomic mass is 10.1. The topological polar surface area (TPSA) is 66.4 Å². The van der Waals surface area contributed by atoms with E-state index in [0.717, 1.165) is 15.0 Å². The highest BCUT2D eigenvalue weighted by atomic mass is 32.2. The Balaban J connectivity index is 1.94. The second-order valence-corrected chi connectivity index (χ2v) is 8.18. The molecule has 1 aromatic heterocycles. The first-order valence-corrected chi connectivity index (χ1v) is 9.11. The second kappa shape index (κ2) is 5.53. The first kappa shape index (κ1) is 14.7. The summed E-state index contributed by atoms with van der Waals surface area (Å²) in [6.45, 7) is 1.88. The van der Waals surface area contributed by atoms with Crippen molar-refractivity contribution in [1.29, 1.82) is 0 Å². The van der Waals surface area contributed by atoms with Gasteiger partial charge in [-0.2, -0.15) is 0 Å². The molecule has 2 aromatic rings. The number of thiophene rings is 1. The SMILES string of the molecule is Cc1sc2ccccc2c1S(=O)(=O)N[C@@H]1C=C[C@H](CO)C1. The number of fused-ring (bicyclic) bond motifs is 1. The van der Waals surface area contributed by atoms with Crippen molar-refractivity contribution in [3.8, 4) is 0 Å². The number of aryl methyl sites for hydroxylation is 1. The van der Waals surface area contributed by atoms with Crippen LogP contribution in [-0.4, -0.2) is 26.2 Å². The van der Waals surface area contributed by atoms with Gasteiger partial charge in [-0.3, -0.25) is 0 Å². The minimum absolute atomic E-state index is 0.0398. The third-order valence-corrected chi connectivity index (χ3v) is 6.59. The summed E-state index contributed by atoms with van der Waals surface area (Å²) in [6, 6.07) is 7.29. The number of aliphatic hydroxyl groups is 1. The smallest absolute Gasteiger partial charge is 0.242 e. The molecule has 1 aliphatic rings. The zero-order valence-electron chi connectivity index (χ0n) is 11.6. The molecule has 1 heterocycles. The first-order chi connectivity index (χ1) is 10.0. The van der Waals surface area contributed by atoms with Crippen molar-refractivity contribution in [2.75, 3.05) is 6.61 Å². The van der Waals surface area contributed by atoms with Gasteiger partial charge >= 0.3 is 0 Å². The Hall–Kier alpha value is -1.21. The number of nitrogens with one attached hydrogen (secondary N) is 1. The molecule has 0 saturated carbocycles. The Morgan fingerprint density at radius 1 is 1.33 bits per heavy atom. The fourth-order valence-electron chi connectivity index (χ4n) is 2.73. The molecule has 0 spiro atoms. The average molecular weight is 323 g/mol. The van der Waals surface area contributed by atoms with Crippen LogP contribution in [0.5, 0.6) is 0 Å². The fraction of sp³-hybridized carbons (Fsp3) is 0.333. The highest BCUT2D eigenvalue weighted by Gasteiger charge is 2.27. The molecule has 6 heteroatoms. The average Bonchev–Trinajstić information content (AvgIpc) is 3.00. The van der Waals surface area contributed by atoms with Gasteiger partial charge in [0.25, 0.3) is 0 Å². The maximum atomic E-state index is 12.7. The molecule has 1 aromatic carbocycles. The van der Waals surface area contributed by atoms with Crippen molar-refractivity contribution in [2.45, 2.75) is 24.3 Å². The van der Waals surface area contributed by atoms with Crippen LogP contribution in [-0.2, 0) is 10.0 Å². The minimum atomic E-state index is -3.56. The molecule has 3 rings (SSSR count). The van der Waals surface area contributed by atoms with E-state index in [1.54, 1.807) is 0 Å². The molecule has 1 aliphatic carbocycles. The predicted octanol–water partition coefficient (Wildman–Crippen LogP) is 2.43. The first-order valence-electron chi connectivity index (χ1n) is 6.81. The summed E-state index contributed by atoms with van der Waals surface area (Å²) in [5.74, 6) is 0.0398. The van der Waals surface area contributed by atoms with Crippen LogP contribution >= 0.6 is 11.3 Å². The Morgan fingerprint density at radius 2 is 2.10 bits per heavy atom. The van der Waals surface area contributed by atoms with Gasteiger partial charge < -0.3 is 5.11 Å². The lowest BCUT2D eigenvalue weighted by molar-refractivity contribution is 0.248. The number of hydrogen-bond acceptors (Lipinski definition) is 4. The van der Waals surface area contributed by atoms with Crippen molar-refractivity contribution in [3.05, 3.63) is 41.3 Å². The van der Waals surface area contributed by atoms with Crippen LogP contribution in [0.25, 0.3) is 10.1 Å². The van der Waals surface area contributed by atoms with Crippen LogP contribution < -0.4 is 4.72 Å². The van der Waals surface area contributed by atoms with E-state index >= 15 is 0 Å². The van der Waals surface area contributed by atoms with Crippen LogP contribution in [0.3, 0.4) is 0 Å². The Kier molecular flexibility index (Phi) is 3.88. The number of hydrogen-bond donors (Lipinski definition) is 2. The largest absolute Gasteiger partial charge is 0.396 e. The van der Waals surface area contributed by atoms with E-state index in [1.807, 2.05) is 43.3 Å². The number of aliphatic hydroxyl groups excluding tert-OH is 1. The molecule has 112 valence electrons. The van der Waals surface area contributed by atoms with Gasteiger partial charge in [0.2, 0.25) is 10.0 Å². The van der Waals surface area contributed by atoms with Crippen LogP contribution in [0.4, 0.5) is 0 Å². The summed E-state index contributed by atoms with van der Waals surface area (Å²) >= 11 is 1.49. The number of rotatable bonds is 4. The van der Waals surface area contributed by atoms with Gasteiger partial charge in [0.05, 0.1) is 0 Å². The highest BCUT2D eigenvalue weighted by Crippen LogP contribution is 2.34. The third kappa shape index (κ3) is 2.76. The number of sulfonamides is 1. The van der Waals surface area contributed by atoms with Gasteiger partial charge in [-0.25, -0.2) is 13.1 Å². The maximum absolute atomic E-state index is 12.7. The molecule has 0 amide bonds. The molecule has 0 saturated heterocycles. The van der Waals surface area contributed by atoms with Gasteiger partial charge in [0, 0.05) is 33.5 Å². The van der Waals surface area contributed by atoms with Gasteiger partial charge in [-0.05, 0) is 19.4 Å². The van der Waals surface area contributed by atoms with E-state index in [2.05, 4.69) is 4.72 Å². The van der Waals surface area contributed by atoms with Gasteiger partial charge in [0.15, 0.2) is 0 Å². The third-order valence-electron chi connectivity index (χ3n) is 3.70. The van der Waals surface area contributed by atoms with Crippen molar-refractivity contribution in [1.82, 2.24) is 4.72 Å². The van der Waals surface area contributed by atoms with Crippen LogP contribution in [0.2, 0.25) is 0 Å². The Bertz CT molecular complexity index is 792. The van der Waals surface area contributed by atoms with E-state index in [-0.39, 0.29) is 18.6 Å². The van der Waals surface area contributed by atoms with Crippen molar-refractivity contribution in [2.24, 2.45) is 5.92 Å². The van der Waals surface area contributed by atoms with Crippen LogP contribution in [0.1, 0.15) is 11.3 Å². The molecule has 0 fully saturated rings. The molecular weight excluding hydrogens is 306 g/mol. The van der Waals surface area contributed by atoms with Gasteiger partial charge in [-0.1, -0.05) is 30.4 Å². The summed E-state index contributed by atoms with van der Waals surface area (Å²) < 4.78 is 29.1. The number of benzene rings is 1. The van der Waals surface area contributed by atoms with Crippen molar-refractivity contribution >= 4 is 31.4 Å². The molecule has 0 radical (unpaired) electrons. The van der Waals surface area contributed by atoms with Crippen LogP contribution in [0.15, 0.2) is 41.3 Å². The highest BCUT2D eigenvalue weighted by molar-refractivity contribution is 7.90. The molecule has 0 aliphatic heterocycles. The summed E-state index contributed by atoms with van der Waals surface area (Å²) in [5, 5.41) is 9.90. The maximum Gasteiger partial charge on any atom is 0.242 e. The molecular formula is C15H17NO3S2. The zero-order valence-corrected chi connectivity index (χ0v) is 13.2. The molecule has 2 atom stereocenters. The molecule has 2 N–H and O–H groups in total. The summed E-state index contributed by atoms with van der Waals surface area (Å²) in [5.41, 5.74) is 0. The zero-order chi connectivity index (χ0) is 15.0. The van der Waals surface area contributed by atoms with Crippen molar-refractivity contribution in [3.63, 3.8) is 0 Å². The second-order valence-electron chi connectivity index (χ2n) is 5.27. The molecule has 4 nitrogen and oxygen atoms in total. The van der Waals surface area contributed by atoms with E-state index in [4.69, 9.17) is 5.11 Å². The quantitative estimate of drug-likeness (QED) is 0.849. The van der Waals surface area contributed by atoms with E-state index in [9.17, 15) is 8.42 Å². The van der Waals surface area contributed by atoms with E-state index in [0.29, 0.717) is 11.3 Å². The predicted molar refractivity (Wildman–Crippen MR) is 85.0 cm³/mol. The Morgan fingerprint density at radius 3 is 2.81 bits per heavy atom. The summed E-state index contributed by atoms with van der Waals surface area (Å²) in [6.07, 6.45) is 4.30. The van der Waals surface area contributed by atoms with Gasteiger partial charge in [0.1, 0.15) is 4.90 Å². The molecule has 21 heavy (non-hydrogen) atoms. The van der Waals surface area contributed by atoms with Crippen molar-refractivity contribution < 1.29 is 13.5 Å². The lowest BCUT2D eigenvalue weighted by Gasteiger charge is -2.13.